The number of Topliss-reactive ketones (excluding diaryl/α,β-unsaturated/α-hetero) is 1. The molecule has 0 saturated carbocycles. The maximum absolute atomic E-state index is 12.2. The van der Waals surface area contributed by atoms with Crippen molar-refractivity contribution in [1.82, 2.24) is 10.6 Å². The Morgan fingerprint density at radius 1 is 1.10 bits per heavy atom. The molecule has 8 nitrogen and oxygen atoms in total. The first-order valence-electron chi connectivity index (χ1n) is 5.87. The van der Waals surface area contributed by atoms with Gasteiger partial charge in [0, 0.05) is 12.5 Å². The molecule has 0 bridgehead atoms. The van der Waals surface area contributed by atoms with E-state index in [0.29, 0.717) is 0 Å². The lowest BCUT2D eigenvalue weighted by atomic mass is 9.94. The highest BCUT2D eigenvalue weighted by Crippen LogP contribution is 2.18. The number of urea groups is 1. The van der Waals surface area contributed by atoms with Crippen molar-refractivity contribution >= 4 is 29.6 Å². The molecular weight excluding hydrogens is 280 g/mol. The fourth-order valence-electron chi connectivity index (χ4n) is 1.80. The lowest BCUT2D eigenvalue weighted by molar-refractivity contribution is -0.134. The van der Waals surface area contributed by atoms with Crippen LogP contribution in [0.2, 0.25) is 0 Å². The molecule has 0 aromatic heterocycles. The third-order valence-electron chi connectivity index (χ3n) is 2.64. The SMILES string of the molecule is CC(=O)Oc1cccc(C(=O)C2C(=O)NC(=O)NC2=O)c1. The summed E-state index contributed by atoms with van der Waals surface area (Å²) in [6, 6.07) is 4.52. The standard InChI is InChI=1S/C13H10N2O6/c1-6(16)21-8-4-2-3-7(5-8)10(17)9-11(18)14-13(20)15-12(9)19/h2-5,9H,1H3,(H2,14,15,18,19,20). The van der Waals surface area contributed by atoms with E-state index in [0.717, 1.165) is 0 Å². The lowest BCUT2D eigenvalue weighted by Gasteiger charge is -2.19. The molecule has 2 N–H and O–H groups in total. The Balaban J connectivity index is 2.27. The molecule has 0 unspecified atom stereocenters. The van der Waals surface area contributed by atoms with Gasteiger partial charge in [-0.15, -0.1) is 0 Å². The lowest BCUT2D eigenvalue weighted by Crippen LogP contribution is -2.57. The van der Waals surface area contributed by atoms with Crippen LogP contribution in [-0.2, 0) is 14.4 Å². The largest absolute Gasteiger partial charge is 0.427 e. The monoisotopic (exact) mass is 290 g/mol. The van der Waals surface area contributed by atoms with Gasteiger partial charge in [-0.1, -0.05) is 12.1 Å². The summed E-state index contributed by atoms with van der Waals surface area (Å²) < 4.78 is 4.82. The van der Waals surface area contributed by atoms with E-state index < -0.39 is 35.5 Å². The first kappa shape index (κ1) is 14.4. The number of benzene rings is 1. The number of barbiturate groups is 1. The summed E-state index contributed by atoms with van der Waals surface area (Å²) >= 11 is 0. The molecule has 1 heterocycles. The van der Waals surface area contributed by atoms with Crippen LogP contribution in [0.3, 0.4) is 0 Å². The summed E-state index contributed by atoms with van der Waals surface area (Å²) in [6.07, 6.45) is 0. The Hall–Kier alpha value is -3.03. The number of ketones is 1. The second-order valence-electron chi connectivity index (χ2n) is 4.23. The molecule has 1 aliphatic heterocycles. The number of carbonyl (C=O) groups is 5. The van der Waals surface area contributed by atoms with Crippen molar-refractivity contribution in [3.8, 4) is 5.75 Å². The van der Waals surface area contributed by atoms with Crippen molar-refractivity contribution in [2.75, 3.05) is 0 Å². The van der Waals surface area contributed by atoms with E-state index in [1.54, 1.807) is 0 Å². The van der Waals surface area contributed by atoms with Crippen molar-refractivity contribution in [3.63, 3.8) is 0 Å². The summed E-state index contributed by atoms with van der Waals surface area (Å²) in [5, 5.41) is 3.68. The number of imide groups is 2. The van der Waals surface area contributed by atoms with Gasteiger partial charge >= 0.3 is 12.0 Å². The molecule has 1 aromatic rings. The number of nitrogens with one attached hydrogen (secondary N) is 2. The molecule has 4 amide bonds. The second-order valence-corrected chi connectivity index (χ2v) is 4.23. The van der Waals surface area contributed by atoms with E-state index in [2.05, 4.69) is 0 Å². The number of ether oxygens (including phenoxy) is 1. The van der Waals surface area contributed by atoms with Crippen LogP contribution in [0, 0.1) is 5.92 Å². The van der Waals surface area contributed by atoms with E-state index in [1.807, 2.05) is 10.6 Å². The van der Waals surface area contributed by atoms with Crippen LogP contribution in [0.1, 0.15) is 17.3 Å². The highest BCUT2D eigenvalue weighted by molar-refractivity contribution is 6.29. The van der Waals surface area contributed by atoms with Gasteiger partial charge in [0.25, 0.3) is 0 Å². The minimum atomic E-state index is -1.66. The summed E-state index contributed by atoms with van der Waals surface area (Å²) in [7, 11) is 0. The van der Waals surface area contributed by atoms with Gasteiger partial charge in [-0.2, -0.15) is 0 Å². The van der Waals surface area contributed by atoms with Gasteiger partial charge in [0.05, 0.1) is 0 Å². The Morgan fingerprint density at radius 3 is 2.29 bits per heavy atom. The van der Waals surface area contributed by atoms with Crippen molar-refractivity contribution in [1.29, 1.82) is 0 Å². The molecule has 21 heavy (non-hydrogen) atoms. The van der Waals surface area contributed by atoms with Gasteiger partial charge in [0.1, 0.15) is 5.75 Å². The maximum Gasteiger partial charge on any atom is 0.328 e. The van der Waals surface area contributed by atoms with Crippen LogP contribution in [0.15, 0.2) is 24.3 Å². The summed E-state index contributed by atoms with van der Waals surface area (Å²) in [6.45, 7) is 1.20. The molecule has 108 valence electrons. The Kier molecular flexibility index (Phi) is 3.79. The first-order valence-corrected chi connectivity index (χ1v) is 5.87. The number of rotatable bonds is 3. The zero-order valence-corrected chi connectivity index (χ0v) is 10.8. The fourth-order valence-corrected chi connectivity index (χ4v) is 1.80. The molecule has 0 radical (unpaired) electrons. The van der Waals surface area contributed by atoms with Crippen LogP contribution < -0.4 is 15.4 Å². The minimum absolute atomic E-state index is 0.0124. The van der Waals surface area contributed by atoms with Crippen molar-refractivity contribution in [2.45, 2.75) is 6.92 Å². The molecule has 2 rings (SSSR count). The van der Waals surface area contributed by atoms with E-state index in [-0.39, 0.29) is 11.3 Å². The van der Waals surface area contributed by atoms with Gasteiger partial charge in [-0.25, -0.2) is 4.79 Å². The Bertz CT molecular complexity index is 646. The fraction of sp³-hybridized carbons (Fsp3) is 0.154. The summed E-state index contributed by atoms with van der Waals surface area (Å²) in [5.74, 6) is -4.90. The van der Waals surface area contributed by atoms with Gasteiger partial charge in [-0.3, -0.25) is 29.8 Å². The number of esters is 1. The van der Waals surface area contributed by atoms with E-state index in [1.165, 1.54) is 31.2 Å². The van der Waals surface area contributed by atoms with Crippen LogP contribution in [0.4, 0.5) is 4.79 Å². The molecule has 0 aliphatic carbocycles. The quantitative estimate of drug-likeness (QED) is 0.344. The van der Waals surface area contributed by atoms with Crippen molar-refractivity contribution < 1.29 is 28.7 Å². The molecule has 1 aliphatic rings. The summed E-state index contributed by atoms with van der Waals surface area (Å²) in [5.41, 5.74) is 0.0124. The Morgan fingerprint density at radius 2 is 1.71 bits per heavy atom. The molecule has 1 fully saturated rings. The van der Waals surface area contributed by atoms with Crippen LogP contribution >= 0.6 is 0 Å². The molecule has 8 heteroatoms. The number of hydrogen-bond donors (Lipinski definition) is 2. The topological polar surface area (TPSA) is 119 Å². The number of amides is 4. The van der Waals surface area contributed by atoms with E-state index in [4.69, 9.17) is 4.74 Å². The summed E-state index contributed by atoms with van der Waals surface area (Å²) in [4.78, 5) is 57.2. The van der Waals surface area contributed by atoms with Gasteiger partial charge in [-0.05, 0) is 12.1 Å². The van der Waals surface area contributed by atoms with Crippen molar-refractivity contribution in [2.24, 2.45) is 5.92 Å². The van der Waals surface area contributed by atoms with Gasteiger partial charge in [0.15, 0.2) is 11.7 Å². The van der Waals surface area contributed by atoms with Crippen LogP contribution in [-0.4, -0.2) is 29.6 Å². The Labute approximate surface area is 118 Å². The second kappa shape index (κ2) is 5.53. The predicted molar refractivity (Wildman–Crippen MR) is 67.3 cm³/mol. The van der Waals surface area contributed by atoms with Crippen LogP contribution in [0.5, 0.6) is 5.75 Å². The molecule has 1 aromatic carbocycles. The molecule has 0 spiro atoms. The maximum atomic E-state index is 12.2. The van der Waals surface area contributed by atoms with Gasteiger partial charge in [0.2, 0.25) is 11.8 Å². The highest BCUT2D eigenvalue weighted by Gasteiger charge is 2.40. The zero-order chi connectivity index (χ0) is 15.6. The number of carbonyl (C=O) groups excluding carboxylic acids is 5. The molecule has 0 atom stereocenters. The molecule has 1 saturated heterocycles. The van der Waals surface area contributed by atoms with Crippen LogP contribution in [0.25, 0.3) is 0 Å². The third-order valence-corrected chi connectivity index (χ3v) is 2.64. The average Bonchev–Trinajstić information content (AvgIpc) is 2.36. The predicted octanol–water partition coefficient (Wildman–Crippen LogP) is -0.223. The van der Waals surface area contributed by atoms with E-state index >= 15 is 0 Å². The minimum Gasteiger partial charge on any atom is -0.427 e. The zero-order valence-electron chi connectivity index (χ0n) is 10.8. The normalized spacial score (nSPS) is 15.2. The third kappa shape index (κ3) is 3.11. The van der Waals surface area contributed by atoms with Gasteiger partial charge < -0.3 is 4.74 Å². The first-order chi connectivity index (χ1) is 9.88. The highest BCUT2D eigenvalue weighted by atomic mass is 16.5. The molecular formula is C13H10N2O6. The van der Waals surface area contributed by atoms with E-state index in [9.17, 15) is 24.0 Å². The number of hydrogen-bond acceptors (Lipinski definition) is 6. The average molecular weight is 290 g/mol. The smallest absolute Gasteiger partial charge is 0.328 e. The van der Waals surface area contributed by atoms with Crippen molar-refractivity contribution in [3.05, 3.63) is 29.8 Å².